The SMILES string of the molecule is Cc1cccc(C2/C(=C(/O)c3ccc(Cl)cc3)C(=O)C(=O)N2C2CCCC2)c1. The number of Topliss-reactive ketones (excluding diaryl/α,β-unsaturated/α-hetero) is 1. The maximum Gasteiger partial charge on any atom is 0.295 e. The number of aliphatic hydroxyl groups is 1. The topological polar surface area (TPSA) is 57.6 Å². The van der Waals surface area contributed by atoms with Crippen LogP contribution in [0, 0.1) is 6.92 Å². The van der Waals surface area contributed by atoms with E-state index in [0.29, 0.717) is 10.6 Å². The van der Waals surface area contributed by atoms with Crippen molar-refractivity contribution in [3.8, 4) is 0 Å². The van der Waals surface area contributed by atoms with Crippen LogP contribution in [0.3, 0.4) is 0 Å². The quantitative estimate of drug-likeness (QED) is 0.451. The van der Waals surface area contributed by atoms with Gasteiger partial charge in [0.05, 0.1) is 11.6 Å². The van der Waals surface area contributed by atoms with Gasteiger partial charge < -0.3 is 10.0 Å². The number of hydrogen-bond donors (Lipinski definition) is 1. The Labute approximate surface area is 169 Å². The highest BCUT2D eigenvalue weighted by atomic mass is 35.5. The van der Waals surface area contributed by atoms with Gasteiger partial charge in [0.25, 0.3) is 11.7 Å². The number of nitrogens with zero attached hydrogens (tertiary/aromatic N) is 1. The monoisotopic (exact) mass is 395 g/mol. The van der Waals surface area contributed by atoms with Gasteiger partial charge in [-0.3, -0.25) is 9.59 Å². The Morgan fingerprint density at radius 2 is 1.75 bits per heavy atom. The first-order valence-corrected chi connectivity index (χ1v) is 9.98. The van der Waals surface area contributed by atoms with Crippen LogP contribution in [0.1, 0.15) is 48.4 Å². The predicted molar refractivity (Wildman–Crippen MR) is 109 cm³/mol. The number of hydrogen-bond acceptors (Lipinski definition) is 3. The van der Waals surface area contributed by atoms with Crippen molar-refractivity contribution in [2.45, 2.75) is 44.7 Å². The molecule has 2 aromatic rings. The van der Waals surface area contributed by atoms with E-state index >= 15 is 0 Å². The summed E-state index contributed by atoms with van der Waals surface area (Å²) in [5, 5.41) is 11.5. The fraction of sp³-hybridized carbons (Fsp3) is 0.304. The lowest BCUT2D eigenvalue weighted by Gasteiger charge is -2.31. The summed E-state index contributed by atoms with van der Waals surface area (Å²) >= 11 is 5.95. The number of amides is 1. The summed E-state index contributed by atoms with van der Waals surface area (Å²) in [4.78, 5) is 27.7. The van der Waals surface area contributed by atoms with Gasteiger partial charge in [-0.05, 0) is 49.6 Å². The van der Waals surface area contributed by atoms with Crippen LogP contribution in [0.4, 0.5) is 0 Å². The van der Waals surface area contributed by atoms with E-state index in [4.69, 9.17) is 11.6 Å². The molecule has 4 nitrogen and oxygen atoms in total. The molecule has 1 N–H and O–H groups in total. The number of ketones is 1. The molecule has 1 aliphatic heterocycles. The van der Waals surface area contributed by atoms with Gasteiger partial charge in [-0.25, -0.2) is 0 Å². The van der Waals surface area contributed by atoms with Crippen molar-refractivity contribution in [1.29, 1.82) is 0 Å². The molecule has 0 spiro atoms. The summed E-state index contributed by atoms with van der Waals surface area (Å²) < 4.78 is 0. The fourth-order valence-electron chi connectivity index (χ4n) is 4.34. The number of carbonyl (C=O) groups is 2. The maximum absolute atomic E-state index is 13.0. The standard InChI is InChI=1S/C23H22ClNO3/c1-14-5-4-6-16(13-14)20-19(21(26)15-9-11-17(24)12-10-15)22(27)23(28)25(20)18-7-2-3-8-18/h4-6,9-13,18,20,26H,2-3,7-8H2,1H3/b21-19-. The molecule has 1 saturated heterocycles. The van der Waals surface area contributed by atoms with Crippen molar-refractivity contribution >= 4 is 29.1 Å². The third-order valence-corrected chi connectivity index (χ3v) is 5.93. The van der Waals surface area contributed by atoms with Crippen LogP contribution in [0.5, 0.6) is 0 Å². The average molecular weight is 396 g/mol. The highest BCUT2D eigenvalue weighted by Crippen LogP contribution is 2.43. The Morgan fingerprint density at radius 3 is 2.39 bits per heavy atom. The second kappa shape index (κ2) is 7.44. The molecule has 1 atom stereocenters. The zero-order valence-corrected chi connectivity index (χ0v) is 16.4. The van der Waals surface area contributed by atoms with Gasteiger partial charge in [0.2, 0.25) is 0 Å². The maximum atomic E-state index is 13.0. The van der Waals surface area contributed by atoms with E-state index in [2.05, 4.69) is 0 Å². The van der Waals surface area contributed by atoms with E-state index in [-0.39, 0.29) is 17.4 Å². The first-order chi connectivity index (χ1) is 13.5. The minimum absolute atomic E-state index is 0.0254. The van der Waals surface area contributed by atoms with Crippen LogP contribution >= 0.6 is 11.6 Å². The number of rotatable bonds is 3. The van der Waals surface area contributed by atoms with E-state index in [1.807, 2.05) is 31.2 Å². The molecule has 1 amide bonds. The smallest absolute Gasteiger partial charge is 0.295 e. The Kier molecular flexibility index (Phi) is 4.98. The number of aryl methyl sites for hydroxylation is 1. The molecule has 1 heterocycles. The van der Waals surface area contributed by atoms with Gasteiger partial charge in [-0.2, -0.15) is 0 Å². The second-order valence-electron chi connectivity index (χ2n) is 7.57. The number of benzene rings is 2. The highest BCUT2D eigenvalue weighted by molar-refractivity contribution is 6.46. The predicted octanol–water partition coefficient (Wildman–Crippen LogP) is 5.01. The van der Waals surface area contributed by atoms with Crippen molar-refractivity contribution in [2.24, 2.45) is 0 Å². The highest BCUT2D eigenvalue weighted by Gasteiger charge is 2.49. The molecule has 0 aromatic heterocycles. The Morgan fingerprint density at radius 1 is 1.07 bits per heavy atom. The largest absolute Gasteiger partial charge is 0.507 e. The van der Waals surface area contributed by atoms with Crippen LogP contribution in [0.15, 0.2) is 54.1 Å². The van der Waals surface area contributed by atoms with E-state index in [1.54, 1.807) is 29.2 Å². The molecule has 4 rings (SSSR count). The Hall–Kier alpha value is -2.59. The van der Waals surface area contributed by atoms with Gasteiger partial charge in [0.15, 0.2) is 0 Å². The zero-order valence-electron chi connectivity index (χ0n) is 15.7. The summed E-state index contributed by atoms with van der Waals surface area (Å²) in [6.07, 6.45) is 3.86. The molecule has 2 fully saturated rings. The third-order valence-electron chi connectivity index (χ3n) is 5.67. The summed E-state index contributed by atoms with van der Waals surface area (Å²) in [5.41, 5.74) is 2.53. The molecule has 2 aliphatic rings. The molecular formula is C23H22ClNO3. The fourth-order valence-corrected chi connectivity index (χ4v) is 4.47. The van der Waals surface area contributed by atoms with Crippen LogP contribution in [0.25, 0.3) is 5.76 Å². The van der Waals surface area contributed by atoms with Crippen LogP contribution in [-0.4, -0.2) is 27.7 Å². The van der Waals surface area contributed by atoms with Gasteiger partial charge >= 0.3 is 0 Å². The minimum Gasteiger partial charge on any atom is -0.507 e. The average Bonchev–Trinajstić information content (AvgIpc) is 3.29. The minimum atomic E-state index is -0.620. The van der Waals surface area contributed by atoms with Gasteiger partial charge in [0, 0.05) is 16.6 Å². The lowest BCUT2D eigenvalue weighted by atomic mass is 9.94. The van der Waals surface area contributed by atoms with Gasteiger partial charge in [-0.15, -0.1) is 0 Å². The summed E-state index contributed by atoms with van der Waals surface area (Å²) in [6, 6.07) is 13.9. The first kappa shape index (κ1) is 18.8. The number of aliphatic hydroxyl groups excluding tert-OH is 1. The van der Waals surface area contributed by atoms with Crippen molar-refractivity contribution in [3.63, 3.8) is 0 Å². The summed E-state index contributed by atoms with van der Waals surface area (Å²) in [5.74, 6) is -1.29. The third kappa shape index (κ3) is 3.22. The molecule has 144 valence electrons. The molecule has 1 aliphatic carbocycles. The molecule has 5 heteroatoms. The van der Waals surface area contributed by atoms with Crippen molar-refractivity contribution in [3.05, 3.63) is 75.8 Å². The number of carbonyl (C=O) groups excluding carboxylic acids is 2. The van der Waals surface area contributed by atoms with Gasteiger partial charge in [0.1, 0.15) is 5.76 Å². The second-order valence-corrected chi connectivity index (χ2v) is 8.00. The van der Waals surface area contributed by atoms with Crippen LogP contribution < -0.4 is 0 Å². The van der Waals surface area contributed by atoms with E-state index < -0.39 is 17.7 Å². The van der Waals surface area contributed by atoms with E-state index in [1.165, 1.54) is 0 Å². The van der Waals surface area contributed by atoms with E-state index in [0.717, 1.165) is 36.8 Å². The molecule has 1 unspecified atom stereocenters. The molecule has 0 radical (unpaired) electrons. The van der Waals surface area contributed by atoms with Crippen molar-refractivity contribution in [1.82, 2.24) is 4.90 Å². The number of halogens is 1. The Balaban J connectivity index is 1.89. The van der Waals surface area contributed by atoms with Crippen molar-refractivity contribution < 1.29 is 14.7 Å². The van der Waals surface area contributed by atoms with E-state index in [9.17, 15) is 14.7 Å². The first-order valence-electron chi connectivity index (χ1n) is 9.60. The molecule has 28 heavy (non-hydrogen) atoms. The lowest BCUT2D eigenvalue weighted by Crippen LogP contribution is -2.37. The normalized spacial score (nSPS) is 22.2. The molecule has 2 aromatic carbocycles. The van der Waals surface area contributed by atoms with Gasteiger partial charge in [-0.1, -0.05) is 54.3 Å². The molecule has 0 bridgehead atoms. The van der Waals surface area contributed by atoms with Crippen LogP contribution in [-0.2, 0) is 9.59 Å². The zero-order chi connectivity index (χ0) is 19.8. The Bertz CT molecular complexity index is 958. The lowest BCUT2D eigenvalue weighted by molar-refractivity contribution is -0.141. The van der Waals surface area contributed by atoms with Crippen molar-refractivity contribution in [2.75, 3.05) is 0 Å². The molecular weight excluding hydrogens is 374 g/mol. The molecule has 1 saturated carbocycles. The number of likely N-dealkylation sites (tertiary alicyclic amines) is 1. The van der Waals surface area contributed by atoms with Crippen LogP contribution in [0.2, 0.25) is 5.02 Å². The summed E-state index contributed by atoms with van der Waals surface area (Å²) in [6.45, 7) is 1.98. The summed E-state index contributed by atoms with van der Waals surface area (Å²) in [7, 11) is 0.